The summed E-state index contributed by atoms with van der Waals surface area (Å²) in [4.78, 5) is 11.2. The van der Waals surface area contributed by atoms with E-state index in [1.807, 2.05) is 10.8 Å². The molecule has 3 aromatic rings. The van der Waals surface area contributed by atoms with E-state index in [-0.39, 0.29) is 36.5 Å². The maximum absolute atomic E-state index is 13.9. The van der Waals surface area contributed by atoms with Crippen molar-refractivity contribution in [1.29, 1.82) is 0 Å². The van der Waals surface area contributed by atoms with Gasteiger partial charge >= 0.3 is 10.2 Å². The molecular formula is C23H26FN3O4S. The molecule has 7 nitrogen and oxygen atoms in total. The van der Waals surface area contributed by atoms with Crippen LogP contribution in [-0.2, 0) is 15.0 Å². The molecule has 9 heteroatoms. The summed E-state index contributed by atoms with van der Waals surface area (Å²) >= 11 is 0. The number of aryl methyl sites for hydroxylation is 1. The van der Waals surface area contributed by atoms with Gasteiger partial charge < -0.3 is 9.67 Å². The van der Waals surface area contributed by atoms with E-state index in [4.69, 9.17) is 0 Å². The molecule has 1 amide bonds. The first-order valence-corrected chi connectivity index (χ1v) is 11.9. The zero-order valence-corrected chi connectivity index (χ0v) is 19.2. The van der Waals surface area contributed by atoms with Gasteiger partial charge in [-0.15, -0.1) is 0 Å². The van der Waals surface area contributed by atoms with Gasteiger partial charge in [-0.3, -0.25) is 4.79 Å². The molecule has 1 aliphatic heterocycles. The number of hydrogen-bond donors (Lipinski definition) is 2. The maximum Gasteiger partial charge on any atom is 0.303 e. The molecular weight excluding hydrogens is 433 g/mol. The second kappa shape index (κ2) is 7.90. The van der Waals surface area contributed by atoms with E-state index >= 15 is 0 Å². The minimum Gasteiger partial charge on any atom is -0.508 e. The summed E-state index contributed by atoms with van der Waals surface area (Å²) in [7, 11) is -3.88. The topological polar surface area (TPSA) is 91.6 Å². The lowest BCUT2D eigenvalue weighted by Crippen LogP contribution is -2.53. The molecule has 2 aromatic carbocycles. The molecule has 1 saturated heterocycles. The third kappa shape index (κ3) is 3.75. The molecule has 170 valence electrons. The minimum atomic E-state index is -3.88. The van der Waals surface area contributed by atoms with Crippen molar-refractivity contribution in [3.8, 4) is 11.4 Å². The van der Waals surface area contributed by atoms with Crippen LogP contribution in [0.1, 0.15) is 49.4 Å². The summed E-state index contributed by atoms with van der Waals surface area (Å²) in [5.41, 5.74) is 4.13. The van der Waals surface area contributed by atoms with E-state index in [1.54, 1.807) is 31.2 Å². The highest BCUT2D eigenvalue weighted by molar-refractivity contribution is 7.87. The fourth-order valence-electron chi connectivity index (χ4n) is 4.43. The molecule has 0 atom stereocenters. The third-order valence-corrected chi connectivity index (χ3v) is 7.37. The average Bonchev–Trinajstić information content (AvgIpc) is 2.96. The van der Waals surface area contributed by atoms with Crippen LogP contribution in [0.3, 0.4) is 0 Å². The number of carbonyl (C=O) groups excluding carboxylic acids is 1. The highest BCUT2D eigenvalue weighted by Gasteiger charge is 2.40. The number of aromatic nitrogens is 1. The van der Waals surface area contributed by atoms with Crippen LogP contribution in [0, 0.1) is 12.7 Å². The lowest BCUT2D eigenvalue weighted by atomic mass is 9.88. The number of benzene rings is 2. The van der Waals surface area contributed by atoms with Crippen LogP contribution >= 0.6 is 0 Å². The summed E-state index contributed by atoms with van der Waals surface area (Å²) < 4.78 is 43.9. The fourth-order valence-corrected chi connectivity index (χ4v) is 5.68. The van der Waals surface area contributed by atoms with Gasteiger partial charge in [-0.1, -0.05) is 13.8 Å². The number of fused-ring (bicyclic) bond motifs is 1. The summed E-state index contributed by atoms with van der Waals surface area (Å²) in [6, 6.07) is 10.1. The van der Waals surface area contributed by atoms with Crippen molar-refractivity contribution in [2.75, 3.05) is 13.1 Å². The van der Waals surface area contributed by atoms with E-state index in [0.717, 1.165) is 34.8 Å². The highest BCUT2D eigenvalue weighted by Crippen LogP contribution is 2.43. The number of nitrogens with one attached hydrogen (secondary N) is 1. The molecule has 0 aliphatic carbocycles. The van der Waals surface area contributed by atoms with Crippen LogP contribution in [0.2, 0.25) is 0 Å². The predicted molar refractivity (Wildman–Crippen MR) is 121 cm³/mol. The maximum atomic E-state index is 13.9. The van der Waals surface area contributed by atoms with Crippen molar-refractivity contribution in [3.05, 3.63) is 59.0 Å². The number of rotatable bonds is 5. The molecule has 0 spiro atoms. The van der Waals surface area contributed by atoms with Crippen LogP contribution in [-0.4, -0.2) is 41.4 Å². The van der Waals surface area contributed by atoms with Gasteiger partial charge in [0.15, 0.2) is 0 Å². The van der Waals surface area contributed by atoms with Gasteiger partial charge in [0.05, 0.1) is 5.52 Å². The number of carbonyl (C=O) groups is 1. The Bertz CT molecular complexity index is 1320. The first-order chi connectivity index (χ1) is 15.0. The van der Waals surface area contributed by atoms with Crippen molar-refractivity contribution < 1.29 is 22.7 Å². The number of nitrogens with zero attached hydrogens (tertiary/aromatic N) is 2. The summed E-state index contributed by atoms with van der Waals surface area (Å²) in [5.74, 6) is -0.839. The van der Waals surface area contributed by atoms with Crippen LogP contribution in [0.25, 0.3) is 16.6 Å². The molecule has 1 aromatic heterocycles. The lowest BCUT2D eigenvalue weighted by molar-refractivity contribution is -0.117. The van der Waals surface area contributed by atoms with Gasteiger partial charge in [0.1, 0.15) is 11.6 Å². The Hall–Kier alpha value is -2.91. The largest absolute Gasteiger partial charge is 0.508 e. The second-order valence-electron chi connectivity index (χ2n) is 8.60. The Morgan fingerprint density at radius 2 is 1.88 bits per heavy atom. The lowest BCUT2D eigenvalue weighted by Gasteiger charge is -2.38. The molecule has 2 N–H and O–H groups in total. The van der Waals surface area contributed by atoms with Crippen molar-refractivity contribution in [2.24, 2.45) is 0 Å². The van der Waals surface area contributed by atoms with E-state index in [2.05, 4.69) is 18.4 Å². The summed E-state index contributed by atoms with van der Waals surface area (Å²) in [6.45, 7) is 7.42. The average molecular weight is 460 g/mol. The number of phenolic OH excluding ortho intramolecular Hbond substituents is 1. The van der Waals surface area contributed by atoms with E-state index in [1.165, 1.54) is 10.4 Å². The van der Waals surface area contributed by atoms with Gasteiger partial charge in [-0.05, 0) is 60.4 Å². The normalized spacial score (nSPS) is 15.3. The molecule has 4 rings (SSSR count). The van der Waals surface area contributed by atoms with Gasteiger partial charge in [0.25, 0.3) is 0 Å². The molecule has 0 saturated carbocycles. The van der Waals surface area contributed by atoms with Gasteiger partial charge in [-0.2, -0.15) is 12.7 Å². The molecule has 32 heavy (non-hydrogen) atoms. The monoisotopic (exact) mass is 459 g/mol. The standard InChI is InChI=1S/C23H26FN3O4S/c1-13(2)23-22(16-11-26(12-16)32(30,31)25-15(4)28)19-10-18(29)6-8-21(19)27(23)17-5-7-20(24)14(3)9-17/h5-10,13,16,29H,11-12H2,1-4H3,(H,25,28). The molecule has 0 unspecified atom stereocenters. The zero-order valence-electron chi connectivity index (χ0n) is 18.4. The predicted octanol–water partition coefficient (Wildman–Crippen LogP) is 3.69. The minimum absolute atomic E-state index is 0.0749. The van der Waals surface area contributed by atoms with E-state index in [9.17, 15) is 22.7 Å². The van der Waals surface area contributed by atoms with Gasteiger partial charge in [0, 0.05) is 42.7 Å². The first-order valence-electron chi connectivity index (χ1n) is 10.4. The van der Waals surface area contributed by atoms with Crippen molar-refractivity contribution >= 4 is 27.0 Å². The number of aromatic hydroxyl groups is 1. The summed E-state index contributed by atoms with van der Waals surface area (Å²) in [6.07, 6.45) is 0. The van der Waals surface area contributed by atoms with E-state index in [0.29, 0.717) is 5.56 Å². The summed E-state index contributed by atoms with van der Waals surface area (Å²) in [5, 5.41) is 11.0. The fraction of sp³-hybridized carbons (Fsp3) is 0.348. The van der Waals surface area contributed by atoms with Crippen LogP contribution < -0.4 is 4.72 Å². The number of amides is 1. The third-order valence-electron chi connectivity index (χ3n) is 5.84. The number of phenols is 1. The Morgan fingerprint density at radius 3 is 2.47 bits per heavy atom. The molecule has 1 aliphatic rings. The second-order valence-corrected chi connectivity index (χ2v) is 10.3. The Labute approximate surface area is 186 Å². The van der Waals surface area contributed by atoms with Crippen LogP contribution in [0.5, 0.6) is 5.75 Å². The van der Waals surface area contributed by atoms with Crippen molar-refractivity contribution in [1.82, 2.24) is 13.6 Å². The molecule has 0 radical (unpaired) electrons. The quantitative estimate of drug-likeness (QED) is 0.609. The van der Waals surface area contributed by atoms with Gasteiger partial charge in [0.2, 0.25) is 5.91 Å². The SMILES string of the molecule is CC(=O)NS(=O)(=O)N1CC(c2c(C(C)C)n(-c3ccc(F)c(C)c3)c3ccc(O)cc23)C1. The Kier molecular flexibility index (Phi) is 5.50. The number of hydrogen-bond acceptors (Lipinski definition) is 4. The smallest absolute Gasteiger partial charge is 0.303 e. The van der Waals surface area contributed by atoms with Gasteiger partial charge in [-0.25, -0.2) is 9.11 Å². The molecule has 2 heterocycles. The van der Waals surface area contributed by atoms with Crippen LogP contribution in [0.4, 0.5) is 4.39 Å². The Morgan fingerprint density at radius 1 is 1.19 bits per heavy atom. The highest BCUT2D eigenvalue weighted by atomic mass is 32.2. The van der Waals surface area contributed by atoms with Crippen molar-refractivity contribution in [3.63, 3.8) is 0 Å². The number of halogens is 1. The zero-order chi connectivity index (χ0) is 23.4. The Balaban J connectivity index is 1.87. The molecule has 1 fully saturated rings. The first kappa shape index (κ1) is 22.3. The molecule has 0 bridgehead atoms. The van der Waals surface area contributed by atoms with E-state index < -0.39 is 16.1 Å². The van der Waals surface area contributed by atoms with Crippen LogP contribution in [0.15, 0.2) is 36.4 Å². The van der Waals surface area contributed by atoms with Crippen molar-refractivity contribution in [2.45, 2.75) is 39.5 Å².